The molecule has 0 fully saturated rings. The van der Waals surface area contributed by atoms with E-state index in [2.05, 4.69) is 287 Å². The Kier molecular flexibility index (Phi) is 9.76. The molecule has 6 nitrogen and oxygen atoms in total. The van der Waals surface area contributed by atoms with Gasteiger partial charge in [-0.3, -0.25) is 4.98 Å². The molecule has 12 aromatic carbocycles. The molecule has 0 aliphatic heterocycles. The molecule has 5 heterocycles. The van der Waals surface area contributed by atoms with Crippen molar-refractivity contribution in [2.24, 2.45) is 0 Å². The van der Waals surface area contributed by atoms with Crippen LogP contribution in [0.5, 0.6) is 0 Å². The van der Waals surface area contributed by atoms with Gasteiger partial charge >= 0.3 is 0 Å². The van der Waals surface area contributed by atoms with E-state index >= 15 is 0 Å². The van der Waals surface area contributed by atoms with Crippen molar-refractivity contribution in [1.29, 1.82) is 0 Å². The summed E-state index contributed by atoms with van der Waals surface area (Å²) in [6, 6.07) is 97.9. The molecule has 18 rings (SSSR count). The minimum atomic E-state index is -0.182. The highest BCUT2D eigenvalue weighted by atomic mass is 16.3. The predicted molar refractivity (Wildman–Crippen MR) is 350 cm³/mol. The summed E-state index contributed by atoms with van der Waals surface area (Å²) in [5, 5.41) is 10.4. The van der Waals surface area contributed by atoms with Gasteiger partial charge in [-0.05, 0) is 149 Å². The number of aromatic nitrogens is 4. The third-order valence-electron chi connectivity index (χ3n) is 18.2. The van der Waals surface area contributed by atoms with Gasteiger partial charge in [-0.15, -0.1) is 0 Å². The SMILES string of the molecule is CC1(C)c2ccccc2-c2cc3c4ccccc4n(-c4ccnc5cc(-n6c7ccccc7c7cc(-c8ccc9oc%10ccccc%10c9c8)ccc76)c(N(c6ccccc6)c6ccc7c8ccccc8n(-c8ccccc8)c7c6)cc45)c3cc21. The summed E-state index contributed by atoms with van der Waals surface area (Å²) in [7, 11) is 0. The summed E-state index contributed by atoms with van der Waals surface area (Å²) < 4.78 is 13.7. The Hall–Kier alpha value is -11.0. The fourth-order valence-electron chi connectivity index (χ4n) is 14.4. The van der Waals surface area contributed by atoms with Gasteiger partial charge < -0.3 is 23.0 Å². The second-order valence-corrected chi connectivity index (χ2v) is 23.1. The topological polar surface area (TPSA) is 44.1 Å². The van der Waals surface area contributed by atoms with Crippen LogP contribution in [-0.4, -0.2) is 18.7 Å². The van der Waals surface area contributed by atoms with Crippen LogP contribution in [-0.2, 0) is 5.41 Å². The highest BCUT2D eigenvalue weighted by Crippen LogP contribution is 2.52. The number of pyridine rings is 1. The van der Waals surface area contributed by atoms with Gasteiger partial charge in [0.25, 0.3) is 0 Å². The molecule has 1 aliphatic rings. The van der Waals surface area contributed by atoms with Gasteiger partial charge in [-0.2, -0.15) is 0 Å². The maximum atomic E-state index is 6.29. The Morgan fingerprint density at radius 3 is 1.69 bits per heavy atom. The van der Waals surface area contributed by atoms with E-state index in [0.29, 0.717) is 0 Å². The molecule has 0 spiro atoms. The molecule has 17 aromatic rings. The molecule has 1 aliphatic carbocycles. The van der Waals surface area contributed by atoms with Crippen LogP contribution in [0.3, 0.4) is 0 Å². The first kappa shape index (κ1) is 46.8. The summed E-state index contributed by atoms with van der Waals surface area (Å²) in [4.78, 5) is 7.81. The van der Waals surface area contributed by atoms with Crippen LogP contribution in [0.2, 0.25) is 0 Å². The lowest BCUT2D eigenvalue weighted by atomic mass is 9.82. The smallest absolute Gasteiger partial charge is 0.135 e. The third kappa shape index (κ3) is 6.65. The zero-order valence-corrected chi connectivity index (χ0v) is 46.1. The van der Waals surface area contributed by atoms with Gasteiger partial charge in [0, 0.05) is 77.2 Å². The van der Waals surface area contributed by atoms with E-state index in [-0.39, 0.29) is 5.41 Å². The number of hydrogen-bond donors (Lipinski definition) is 0. The summed E-state index contributed by atoms with van der Waals surface area (Å²) in [5.74, 6) is 0. The van der Waals surface area contributed by atoms with E-state index in [1.165, 1.54) is 54.7 Å². The largest absolute Gasteiger partial charge is 0.456 e. The highest BCUT2D eigenvalue weighted by molar-refractivity contribution is 6.16. The van der Waals surface area contributed by atoms with Crippen LogP contribution in [0.15, 0.2) is 278 Å². The Morgan fingerprint density at radius 2 is 0.917 bits per heavy atom. The lowest BCUT2D eigenvalue weighted by Gasteiger charge is -2.29. The minimum absolute atomic E-state index is 0.182. The van der Waals surface area contributed by atoms with Crippen molar-refractivity contribution in [2.45, 2.75) is 19.3 Å². The van der Waals surface area contributed by atoms with Crippen LogP contribution in [0.25, 0.3) is 138 Å². The molecular weight excluding hydrogens is 1020 g/mol. The average Bonchev–Trinajstić information content (AvgIpc) is 1.94. The lowest BCUT2D eigenvalue weighted by molar-refractivity contribution is 0.661. The minimum Gasteiger partial charge on any atom is -0.456 e. The second kappa shape index (κ2) is 17.5. The first-order valence-electron chi connectivity index (χ1n) is 28.9. The summed E-state index contributed by atoms with van der Waals surface area (Å²) in [6.07, 6.45) is 2.00. The number of furan rings is 1. The molecule has 0 unspecified atom stereocenters. The van der Waals surface area contributed by atoms with Gasteiger partial charge in [0.2, 0.25) is 0 Å². The fourth-order valence-corrected chi connectivity index (χ4v) is 14.4. The maximum absolute atomic E-state index is 6.29. The summed E-state index contributed by atoms with van der Waals surface area (Å²) >= 11 is 0. The maximum Gasteiger partial charge on any atom is 0.135 e. The van der Waals surface area contributed by atoms with E-state index in [1.807, 2.05) is 18.3 Å². The molecule has 5 aromatic heterocycles. The zero-order chi connectivity index (χ0) is 55.4. The van der Waals surface area contributed by atoms with Crippen molar-refractivity contribution in [3.8, 4) is 39.3 Å². The first-order chi connectivity index (χ1) is 41.4. The van der Waals surface area contributed by atoms with Gasteiger partial charge in [-0.1, -0.05) is 166 Å². The normalized spacial score (nSPS) is 13.0. The van der Waals surface area contributed by atoms with Crippen molar-refractivity contribution < 1.29 is 4.42 Å². The van der Waals surface area contributed by atoms with Gasteiger partial charge in [0.1, 0.15) is 11.2 Å². The van der Waals surface area contributed by atoms with Gasteiger partial charge in [0.05, 0.1) is 55.7 Å². The number of hydrogen-bond acceptors (Lipinski definition) is 3. The number of fused-ring (bicyclic) bond motifs is 16. The average molecular weight is 1070 g/mol. The third-order valence-corrected chi connectivity index (χ3v) is 18.2. The van der Waals surface area contributed by atoms with E-state index in [4.69, 9.17) is 9.40 Å². The van der Waals surface area contributed by atoms with E-state index in [0.717, 1.165) is 111 Å². The van der Waals surface area contributed by atoms with E-state index in [9.17, 15) is 0 Å². The van der Waals surface area contributed by atoms with Crippen molar-refractivity contribution in [1.82, 2.24) is 18.7 Å². The van der Waals surface area contributed by atoms with Crippen LogP contribution in [0.4, 0.5) is 17.1 Å². The predicted octanol–water partition coefficient (Wildman–Crippen LogP) is 20.9. The van der Waals surface area contributed by atoms with Gasteiger partial charge in [0.15, 0.2) is 0 Å². The second-order valence-electron chi connectivity index (χ2n) is 23.1. The molecule has 0 saturated heterocycles. The van der Waals surface area contributed by atoms with Crippen LogP contribution in [0, 0.1) is 0 Å². The van der Waals surface area contributed by atoms with Crippen LogP contribution >= 0.6 is 0 Å². The molecule has 394 valence electrons. The molecule has 0 bridgehead atoms. The highest BCUT2D eigenvalue weighted by Gasteiger charge is 2.36. The molecule has 0 saturated carbocycles. The molecule has 0 N–H and O–H groups in total. The molecule has 6 heteroatoms. The van der Waals surface area contributed by atoms with Crippen molar-refractivity contribution in [2.75, 3.05) is 4.90 Å². The zero-order valence-electron chi connectivity index (χ0n) is 46.1. The molecule has 84 heavy (non-hydrogen) atoms. The van der Waals surface area contributed by atoms with Crippen LogP contribution in [0.1, 0.15) is 25.0 Å². The van der Waals surface area contributed by atoms with Crippen molar-refractivity contribution in [3.05, 3.63) is 284 Å². The molecule has 0 atom stereocenters. The number of anilines is 3. The summed E-state index contributed by atoms with van der Waals surface area (Å²) in [6.45, 7) is 4.75. The number of nitrogens with zero attached hydrogens (tertiary/aromatic N) is 5. The number of rotatable bonds is 7. The van der Waals surface area contributed by atoms with E-state index in [1.54, 1.807) is 0 Å². The van der Waals surface area contributed by atoms with Crippen LogP contribution < -0.4 is 4.90 Å². The Bertz CT molecular complexity index is 5600. The van der Waals surface area contributed by atoms with E-state index < -0.39 is 0 Å². The van der Waals surface area contributed by atoms with Crippen molar-refractivity contribution >= 4 is 115 Å². The Balaban J connectivity index is 0.932. The fraction of sp³-hybridized carbons (Fsp3) is 0.0385. The quantitative estimate of drug-likeness (QED) is 0.160. The number of para-hydroxylation sites is 6. The standard InChI is InChI=1S/C78H51N5O/c1-78(2)64-28-14-9-23-53(64)59-44-61-56-26-12-16-30-68(56)82(73(61)46-65(59)78)71-39-40-79-66-47-75(83-69-31-17-11-25-55(69)60-41-48(33-37-70(60)83)49-34-38-77-62(42-49)58-27-13-18-32-76(58)84-77)74(45-63(66)71)80(50-19-5-3-6-20-50)52-35-36-57-54-24-10-15-29-67(54)81(72(57)43-52)51-21-7-4-8-22-51/h3-47H,1-2H3. The number of benzene rings is 12. The lowest BCUT2D eigenvalue weighted by Crippen LogP contribution is -2.15. The first-order valence-corrected chi connectivity index (χ1v) is 28.9. The summed E-state index contributed by atoms with van der Waals surface area (Å²) in [5.41, 5.74) is 23.2. The van der Waals surface area contributed by atoms with Gasteiger partial charge in [-0.25, -0.2) is 0 Å². The Labute approximate surface area is 483 Å². The molecular formula is C78H51N5O. The van der Waals surface area contributed by atoms with Crippen molar-refractivity contribution in [3.63, 3.8) is 0 Å². The Morgan fingerprint density at radius 1 is 0.345 bits per heavy atom. The molecule has 0 amide bonds. The monoisotopic (exact) mass is 1070 g/mol. The molecule has 0 radical (unpaired) electrons.